The Bertz CT molecular complexity index is 972. The highest BCUT2D eigenvalue weighted by atomic mass is 32.1. The Kier molecular flexibility index (Phi) is 3.86. The van der Waals surface area contributed by atoms with Crippen molar-refractivity contribution in [2.75, 3.05) is 0 Å². The molecule has 0 amide bonds. The molecule has 3 heterocycles. The van der Waals surface area contributed by atoms with Crippen molar-refractivity contribution in [3.05, 3.63) is 70.7 Å². The Labute approximate surface area is 143 Å². The van der Waals surface area contributed by atoms with Gasteiger partial charge in [0.1, 0.15) is 11.6 Å². The number of rotatable bonds is 4. The number of hydrogen-bond acceptors (Lipinski definition) is 3. The standard InChI is InChI=1S/C19H16FN3S/c1-12-15(16-3-2-10-24-16)11-21-19-18(12)22-17(23-19)9-6-13-4-7-14(20)8-5-13/h2-5,7-8,10-11H,6,9H2,1H3,(H,21,22,23). The van der Waals surface area contributed by atoms with Crippen molar-refractivity contribution < 1.29 is 4.39 Å². The van der Waals surface area contributed by atoms with Gasteiger partial charge in [0.25, 0.3) is 0 Å². The Morgan fingerprint density at radius 2 is 1.96 bits per heavy atom. The van der Waals surface area contributed by atoms with E-state index in [1.165, 1.54) is 22.6 Å². The number of nitrogens with one attached hydrogen (secondary N) is 1. The number of benzene rings is 1. The molecule has 0 aliphatic rings. The zero-order valence-corrected chi connectivity index (χ0v) is 14.0. The van der Waals surface area contributed by atoms with Crippen LogP contribution in [0.5, 0.6) is 0 Å². The van der Waals surface area contributed by atoms with Gasteiger partial charge in [-0.15, -0.1) is 11.3 Å². The van der Waals surface area contributed by atoms with Crippen molar-refractivity contribution in [3.63, 3.8) is 0 Å². The molecule has 0 saturated heterocycles. The maximum absolute atomic E-state index is 13.0. The lowest BCUT2D eigenvalue weighted by molar-refractivity contribution is 0.627. The fourth-order valence-corrected chi connectivity index (χ4v) is 3.63. The van der Waals surface area contributed by atoms with Crippen LogP contribution < -0.4 is 0 Å². The average Bonchev–Trinajstić information content (AvgIpc) is 3.24. The summed E-state index contributed by atoms with van der Waals surface area (Å²) >= 11 is 1.71. The van der Waals surface area contributed by atoms with Gasteiger partial charge in [0, 0.05) is 23.1 Å². The first-order valence-corrected chi connectivity index (χ1v) is 8.71. The first-order chi connectivity index (χ1) is 11.7. The smallest absolute Gasteiger partial charge is 0.177 e. The average molecular weight is 337 g/mol. The monoisotopic (exact) mass is 337 g/mol. The summed E-state index contributed by atoms with van der Waals surface area (Å²) in [6.45, 7) is 2.10. The Hall–Kier alpha value is -2.53. The number of nitrogens with zero attached hydrogens (tertiary/aromatic N) is 2. The van der Waals surface area contributed by atoms with E-state index in [4.69, 9.17) is 0 Å². The fourth-order valence-electron chi connectivity index (χ4n) is 2.84. The minimum Gasteiger partial charge on any atom is -0.340 e. The topological polar surface area (TPSA) is 41.6 Å². The molecule has 0 radical (unpaired) electrons. The minimum absolute atomic E-state index is 0.205. The maximum Gasteiger partial charge on any atom is 0.177 e. The van der Waals surface area contributed by atoms with Crippen LogP contribution in [0.15, 0.2) is 48.0 Å². The SMILES string of the molecule is Cc1c(-c2cccs2)cnc2nc(CCc3ccc(F)cc3)[nH]c12. The zero-order chi connectivity index (χ0) is 16.5. The molecular weight excluding hydrogens is 321 g/mol. The molecule has 0 aliphatic heterocycles. The first-order valence-electron chi connectivity index (χ1n) is 7.83. The molecule has 24 heavy (non-hydrogen) atoms. The third-order valence-corrected chi connectivity index (χ3v) is 5.08. The van der Waals surface area contributed by atoms with E-state index in [-0.39, 0.29) is 5.82 Å². The van der Waals surface area contributed by atoms with Crippen LogP contribution in [0.25, 0.3) is 21.6 Å². The van der Waals surface area contributed by atoms with Gasteiger partial charge < -0.3 is 4.98 Å². The number of H-pyrrole nitrogens is 1. The second-order valence-electron chi connectivity index (χ2n) is 5.78. The fraction of sp³-hybridized carbons (Fsp3) is 0.158. The summed E-state index contributed by atoms with van der Waals surface area (Å²) in [5.74, 6) is 0.705. The number of aryl methyl sites for hydroxylation is 3. The number of fused-ring (bicyclic) bond motifs is 1. The number of halogens is 1. The van der Waals surface area contributed by atoms with Gasteiger partial charge in [0.15, 0.2) is 5.65 Å². The number of thiophene rings is 1. The molecule has 0 aliphatic carbocycles. The second kappa shape index (κ2) is 6.17. The Morgan fingerprint density at radius 3 is 2.71 bits per heavy atom. The molecular formula is C19H16FN3S. The number of hydrogen-bond donors (Lipinski definition) is 1. The van der Waals surface area contributed by atoms with Gasteiger partial charge in [0.2, 0.25) is 0 Å². The summed E-state index contributed by atoms with van der Waals surface area (Å²) in [7, 11) is 0. The summed E-state index contributed by atoms with van der Waals surface area (Å²) in [6.07, 6.45) is 3.49. The van der Waals surface area contributed by atoms with E-state index in [2.05, 4.69) is 33.3 Å². The van der Waals surface area contributed by atoms with Gasteiger partial charge in [-0.3, -0.25) is 0 Å². The van der Waals surface area contributed by atoms with E-state index in [1.807, 2.05) is 24.4 Å². The van der Waals surface area contributed by atoms with Gasteiger partial charge in [-0.2, -0.15) is 0 Å². The van der Waals surface area contributed by atoms with E-state index in [9.17, 15) is 4.39 Å². The van der Waals surface area contributed by atoms with Crippen molar-refractivity contribution in [2.24, 2.45) is 0 Å². The molecule has 0 unspecified atom stereocenters. The molecule has 1 N–H and O–H groups in total. The molecule has 0 spiro atoms. The van der Waals surface area contributed by atoms with Crippen LogP contribution in [0.1, 0.15) is 17.0 Å². The molecule has 4 aromatic rings. The summed E-state index contributed by atoms with van der Waals surface area (Å²) in [6, 6.07) is 10.8. The van der Waals surface area contributed by atoms with Crippen LogP contribution in [-0.4, -0.2) is 15.0 Å². The second-order valence-corrected chi connectivity index (χ2v) is 6.73. The van der Waals surface area contributed by atoms with Crippen molar-refractivity contribution in [2.45, 2.75) is 19.8 Å². The van der Waals surface area contributed by atoms with Gasteiger partial charge in [-0.25, -0.2) is 14.4 Å². The highest BCUT2D eigenvalue weighted by Gasteiger charge is 2.12. The lowest BCUT2D eigenvalue weighted by atomic mass is 10.1. The van der Waals surface area contributed by atoms with Crippen molar-refractivity contribution in [3.8, 4) is 10.4 Å². The molecule has 0 bridgehead atoms. The van der Waals surface area contributed by atoms with E-state index in [1.54, 1.807) is 11.3 Å². The van der Waals surface area contributed by atoms with Crippen LogP contribution >= 0.6 is 11.3 Å². The molecule has 0 atom stereocenters. The molecule has 3 nitrogen and oxygen atoms in total. The van der Waals surface area contributed by atoms with Crippen molar-refractivity contribution in [1.82, 2.24) is 15.0 Å². The Balaban J connectivity index is 1.61. The van der Waals surface area contributed by atoms with Crippen molar-refractivity contribution >= 4 is 22.5 Å². The van der Waals surface area contributed by atoms with E-state index in [0.717, 1.165) is 41.0 Å². The summed E-state index contributed by atoms with van der Waals surface area (Å²) in [5, 5.41) is 2.07. The van der Waals surface area contributed by atoms with Crippen LogP contribution in [0.2, 0.25) is 0 Å². The van der Waals surface area contributed by atoms with E-state index in [0.29, 0.717) is 0 Å². The van der Waals surface area contributed by atoms with Gasteiger partial charge in [-0.05, 0) is 48.1 Å². The number of pyridine rings is 1. The quantitative estimate of drug-likeness (QED) is 0.574. The molecule has 120 valence electrons. The van der Waals surface area contributed by atoms with Gasteiger partial charge in [-0.1, -0.05) is 18.2 Å². The molecule has 0 saturated carbocycles. The summed E-state index contributed by atoms with van der Waals surface area (Å²) in [4.78, 5) is 13.7. The lowest BCUT2D eigenvalue weighted by Gasteiger charge is -2.02. The van der Waals surface area contributed by atoms with Gasteiger partial charge >= 0.3 is 0 Å². The molecule has 5 heteroatoms. The molecule has 3 aromatic heterocycles. The molecule has 0 fully saturated rings. The Morgan fingerprint density at radius 1 is 1.12 bits per heavy atom. The predicted octanol–water partition coefficient (Wildman–Crippen LogP) is 4.92. The molecule has 4 rings (SSSR count). The van der Waals surface area contributed by atoms with E-state index < -0.39 is 0 Å². The predicted molar refractivity (Wildman–Crippen MR) is 95.7 cm³/mol. The highest BCUT2D eigenvalue weighted by molar-refractivity contribution is 7.13. The lowest BCUT2D eigenvalue weighted by Crippen LogP contribution is -1.93. The van der Waals surface area contributed by atoms with Crippen LogP contribution in [0.3, 0.4) is 0 Å². The third-order valence-electron chi connectivity index (χ3n) is 4.18. The maximum atomic E-state index is 13.0. The van der Waals surface area contributed by atoms with Crippen LogP contribution in [0, 0.1) is 12.7 Å². The normalized spacial score (nSPS) is 11.2. The van der Waals surface area contributed by atoms with Crippen LogP contribution in [0.4, 0.5) is 4.39 Å². The number of imidazole rings is 1. The third kappa shape index (κ3) is 2.83. The van der Waals surface area contributed by atoms with Crippen molar-refractivity contribution in [1.29, 1.82) is 0 Å². The molecule has 1 aromatic carbocycles. The largest absolute Gasteiger partial charge is 0.340 e. The van der Waals surface area contributed by atoms with E-state index >= 15 is 0 Å². The van der Waals surface area contributed by atoms with Crippen LogP contribution in [-0.2, 0) is 12.8 Å². The zero-order valence-electron chi connectivity index (χ0n) is 13.2. The summed E-state index contributed by atoms with van der Waals surface area (Å²) in [5.41, 5.74) is 5.16. The van der Waals surface area contributed by atoms with Gasteiger partial charge in [0.05, 0.1) is 5.52 Å². The minimum atomic E-state index is -0.205. The highest BCUT2D eigenvalue weighted by Crippen LogP contribution is 2.30. The summed E-state index contributed by atoms with van der Waals surface area (Å²) < 4.78 is 13.0. The number of aromatic amines is 1. The number of aromatic nitrogens is 3. The first kappa shape index (κ1) is 15.0.